The molecule has 3 amide bonds. The van der Waals surface area contributed by atoms with Gasteiger partial charge in [0, 0.05) is 0 Å². The van der Waals surface area contributed by atoms with Crippen LogP contribution in [-0.4, -0.2) is 40.7 Å². The molecule has 27 heavy (non-hydrogen) atoms. The van der Waals surface area contributed by atoms with Crippen LogP contribution < -0.4 is 5.32 Å². The largest absolute Gasteiger partial charge is 0.348 e. The van der Waals surface area contributed by atoms with Gasteiger partial charge in [-0.25, -0.2) is 0 Å². The highest BCUT2D eigenvalue weighted by molar-refractivity contribution is 7.98. The molecule has 1 N–H and O–H groups in total. The Hall–Kier alpha value is -2.60. The molecule has 0 aromatic heterocycles. The van der Waals surface area contributed by atoms with Gasteiger partial charge < -0.3 is 5.32 Å². The highest BCUT2D eigenvalue weighted by Crippen LogP contribution is 2.26. The van der Waals surface area contributed by atoms with Crippen molar-refractivity contribution in [2.45, 2.75) is 25.4 Å². The second-order valence-electron chi connectivity index (χ2n) is 6.46. The third kappa shape index (κ3) is 3.90. The van der Waals surface area contributed by atoms with E-state index in [1.54, 1.807) is 36.0 Å². The van der Waals surface area contributed by atoms with E-state index in [4.69, 9.17) is 0 Å². The van der Waals surface area contributed by atoms with Crippen LogP contribution in [0.1, 0.15) is 45.7 Å². The van der Waals surface area contributed by atoms with Crippen molar-refractivity contribution in [1.82, 2.24) is 10.2 Å². The quantitative estimate of drug-likeness (QED) is 0.747. The topological polar surface area (TPSA) is 66.5 Å². The second kappa shape index (κ2) is 8.39. The fourth-order valence-electron chi connectivity index (χ4n) is 3.23. The van der Waals surface area contributed by atoms with Gasteiger partial charge in [-0.1, -0.05) is 42.5 Å². The molecule has 1 heterocycles. The molecular weight excluding hydrogens is 360 g/mol. The summed E-state index contributed by atoms with van der Waals surface area (Å²) in [5.41, 5.74) is 1.69. The number of benzene rings is 2. The van der Waals surface area contributed by atoms with Crippen molar-refractivity contribution < 1.29 is 14.4 Å². The van der Waals surface area contributed by atoms with E-state index in [2.05, 4.69) is 5.32 Å². The molecule has 5 nitrogen and oxygen atoms in total. The predicted octanol–water partition coefficient (Wildman–Crippen LogP) is 3.28. The molecule has 0 aliphatic carbocycles. The van der Waals surface area contributed by atoms with Gasteiger partial charge in [-0.2, -0.15) is 11.8 Å². The van der Waals surface area contributed by atoms with Crippen molar-refractivity contribution in [2.75, 3.05) is 12.0 Å². The summed E-state index contributed by atoms with van der Waals surface area (Å²) < 4.78 is 0. The molecule has 2 aromatic rings. The Balaban J connectivity index is 1.83. The SMILES string of the molecule is CSCC[C@@H](C(=O)N[C@H](C)c1ccccc1)N1C(=O)c2ccccc2C1=O. The van der Waals surface area contributed by atoms with Gasteiger partial charge in [-0.3, -0.25) is 19.3 Å². The zero-order valence-electron chi connectivity index (χ0n) is 15.3. The Morgan fingerprint density at radius 2 is 1.56 bits per heavy atom. The van der Waals surface area contributed by atoms with Crippen LogP contribution in [0, 0.1) is 0 Å². The van der Waals surface area contributed by atoms with E-state index in [0.717, 1.165) is 10.5 Å². The molecule has 140 valence electrons. The Kier molecular flexibility index (Phi) is 5.96. The summed E-state index contributed by atoms with van der Waals surface area (Å²) >= 11 is 1.58. The van der Waals surface area contributed by atoms with Crippen LogP contribution in [0.15, 0.2) is 54.6 Å². The van der Waals surface area contributed by atoms with E-state index in [9.17, 15) is 14.4 Å². The number of nitrogens with zero attached hydrogens (tertiary/aromatic N) is 1. The maximum Gasteiger partial charge on any atom is 0.262 e. The lowest BCUT2D eigenvalue weighted by atomic mass is 10.1. The molecule has 2 atom stereocenters. The van der Waals surface area contributed by atoms with Crippen molar-refractivity contribution in [2.24, 2.45) is 0 Å². The minimum absolute atomic E-state index is 0.217. The molecule has 0 radical (unpaired) electrons. The third-order valence-corrected chi connectivity index (χ3v) is 5.34. The molecule has 6 heteroatoms. The number of carbonyl (C=O) groups excluding carboxylic acids is 3. The molecule has 0 unspecified atom stereocenters. The summed E-state index contributed by atoms with van der Waals surface area (Å²) in [6.45, 7) is 1.89. The highest BCUT2D eigenvalue weighted by Gasteiger charge is 2.42. The number of hydrogen-bond acceptors (Lipinski definition) is 4. The Morgan fingerprint density at radius 1 is 1.00 bits per heavy atom. The lowest BCUT2D eigenvalue weighted by Crippen LogP contribution is -2.50. The van der Waals surface area contributed by atoms with Gasteiger partial charge in [0.15, 0.2) is 0 Å². The van der Waals surface area contributed by atoms with Gasteiger partial charge in [-0.15, -0.1) is 0 Å². The van der Waals surface area contributed by atoms with Gasteiger partial charge >= 0.3 is 0 Å². The molecular formula is C21H22N2O3S. The smallest absolute Gasteiger partial charge is 0.262 e. The highest BCUT2D eigenvalue weighted by atomic mass is 32.2. The van der Waals surface area contributed by atoms with Crippen LogP contribution in [0.2, 0.25) is 0 Å². The average molecular weight is 382 g/mol. The first kappa shape index (κ1) is 19.2. The van der Waals surface area contributed by atoms with E-state index in [1.165, 1.54) is 0 Å². The standard InChI is InChI=1S/C21H22N2O3S/c1-14(15-8-4-3-5-9-15)22-19(24)18(12-13-27-2)23-20(25)16-10-6-7-11-17(16)21(23)26/h3-11,14,18H,12-13H2,1-2H3,(H,22,24)/t14-,18+/m1/s1. The molecule has 1 aliphatic rings. The van der Waals surface area contributed by atoms with E-state index >= 15 is 0 Å². The van der Waals surface area contributed by atoms with Crippen LogP contribution in [0.4, 0.5) is 0 Å². The molecule has 2 aromatic carbocycles. The van der Waals surface area contributed by atoms with Crippen molar-refractivity contribution >= 4 is 29.5 Å². The summed E-state index contributed by atoms with van der Waals surface area (Å²) in [7, 11) is 0. The van der Waals surface area contributed by atoms with Crippen molar-refractivity contribution in [3.63, 3.8) is 0 Å². The summed E-state index contributed by atoms with van der Waals surface area (Å²) in [5, 5.41) is 2.96. The lowest BCUT2D eigenvalue weighted by molar-refractivity contribution is -0.125. The maximum absolute atomic E-state index is 13.0. The molecule has 3 rings (SSSR count). The van der Waals surface area contributed by atoms with E-state index in [1.807, 2.05) is 43.5 Å². The van der Waals surface area contributed by atoms with Gasteiger partial charge in [0.2, 0.25) is 5.91 Å². The van der Waals surface area contributed by atoms with Crippen LogP contribution in [0.3, 0.4) is 0 Å². The summed E-state index contributed by atoms with van der Waals surface area (Å²) in [6, 6.07) is 15.3. The number of carbonyl (C=O) groups is 3. The van der Waals surface area contributed by atoms with E-state index < -0.39 is 17.9 Å². The number of thioether (sulfide) groups is 1. The minimum Gasteiger partial charge on any atom is -0.348 e. The average Bonchev–Trinajstić information content (AvgIpc) is 2.94. The first-order valence-electron chi connectivity index (χ1n) is 8.85. The van der Waals surface area contributed by atoms with Gasteiger partial charge in [0.05, 0.1) is 17.2 Å². The summed E-state index contributed by atoms with van der Waals surface area (Å²) in [5.74, 6) is -0.436. The van der Waals surface area contributed by atoms with Crippen LogP contribution in [0.5, 0.6) is 0 Å². The third-order valence-electron chi connectivity index (χ3n) is 4.69. The number of imide groups is 1. The van der Waals surface area contributed by atoms with Crippen LogP contribution >= 0.6 is 11.8 Å². The predicted molar refractivity (Wildman–Crippen MR) is 107 cm³/mol. The molecule has 0 bridgehead atoms. The monoisotopic (exact) mass is 382 g/mol. The van der Waals surface area contributed by atoms with Crippen LogP contribution in [-0.2, 0) is 4.79 Å². The maximum atomic E-state index is 13.0. The van der Waals surface area contributed by atoms with Gasteiger partial charge in [-0.05, 0) is 43.0 Å². The minimum atomic E-state index is -0.823. The Labute approximate surface area is 163 Å². The summed E-state index contributed by atoms with van der Waals surface area (Å²) in [4.78, 5) is 39.7. The number of nitrogens with one attached hydrogen (secondary N) is 1. The van der Waals surface area contributed by atoms with Crippen LogP contribution in [0.25, 0.3) is 0 Å². The number of rotatable bonds is 7. The molecule has 0 saturated heterocycles. The lowest BCUT2D eigenvalue weighted by Gasteiger charge is -2.27. The van der Waals surface area contributed by atoms with E-state index in [-0.39, 0.29) is 11.9 Å². The normalized spacial score (nSPS) is 15.4. The van der Waals surface area contributed by atoms with E-state index in [0.29, 0.717) is 23.3 Å². The second-order valence-corrected chi connectivity index (χ2v) is 7.45. The first-order chi connectivity index (χ1) is 13.0. The van der Waals surface area contributed by atoms with Crippen molar-refractivity contribution in [3.8, 4) is 0 Å². The number of hydrogen-bond donors (Lipinski definition) is 1. The zero-order chi connectivity index (χ0) is 19.4. The molecule has 0 spiro atoms. The summed E-state index contributed by atoms with van der Waals surface area (Å²) in [6.07, 6.45) is 2.35. The number of fused-ring (bicyclic) bond motifs is 1. The Morgan fingerprint density at radius 3 is 2.11 bits per heavy atom. The Bertz CT molecular complexity index is 819. The fraction of sp³-hybridized carbons (Fsp3) is 0.286. The molecule has 0 saturated carbocycles. The van der Waals surface area contributed by atoms with Crippen molar-refractivity contribution in [3.05, 3.63) is 71.3 Å². The first-order valence-corrected chi connectivity index (χ1v) is 10.2. The van der Waals surface area contributed by atoms with Gasteiger partial charge in [0.1, 0.15) is 6.04 Å². The zero-order valence-corrected chi connectivity index (χ0v) is 16.2. The van der Waals surface area contributed by atoms with Gasteiger partial charge in [0.25, 0.3) is 11.8 Å². The van der Waals surface area contributed by atoms with Crippen molar-refractivity contribution in [1.29, 1.82) is 0 Å². The molecule has 0 fully saturated rings. The molecule has 1 aliphatic heterocycles. The number of amides is 3. The fourth-order valence-corrected chi connectivity index (χ4v) is 3.69.